The first-order chi connectivity index (χ1) is 11.3. The molecule has 2 N–H and O–H groups in total. The van der Waals surface area contributed by atoms with E-state index in [1.807, 2.05) is 0 Å². The van der Waals surface area contributed by atoms with Gasteiger partial charge in [0.15, 0.2) is 0 Å². The first-order valence-electron chi connectivity index (χ1n) is 9.45. The average Bonchev–Trinajstić information content (AvgIpc) is 2.72. The Kier molecular flexibility index (Phi) is 3.86. The largest absolute Gasteiger partial charge is 0.393 e. The Hall–Kier alpha value is -0.540. The fraction of sp³-hybridized carbons (Fsp3) is 0.714. The summed E-state index contributed by atoms with van der Waals surface area (Å²) < 4.78 is 1.13. The second-order valence-corrected chi connectivity index (χ2v) is 10.5. The van der Waals surface area contributed by atoms with Crippen LogP contribution in [0.4, 0.5) is 5.69 Å². The second kappa shape index (κ2) is 5.48. The summed E-state index contributed by atoms with van der Waals surface area (Å²) in [5.41, 5.74) is 2.08. The van der Waals surface area contributed by atoms with E-state index in [9.17, 15) is 5.11 Å². The number of aliphatic hydroxyl groups excluding tert-OH is 1. The van der Waals surface area contributed by atoms with Gasteiger partial charge in [0.05, 0.1) is 6.10 Å². The Morgan fingerprint density at radius 3 is 2.50 bits per heavy atom. The van der Waals surface area contributed by atoms with Crippen molar-refractivity contribution >= 4 is 21.6 Å². The van der Waals surface area contributed by atoms with Gasteiger partial charge in [-0.3, -0.25) is 0 Å². The third-order valence-corrected chi connectivity index (χ3v) is 8.20. The summed E-state index contributed by atoms with van der Waals surface area (Å²) in [5, 5.41) is 14.5. The quantitative estimate of drug-likeness (QED) is 0.686. The van der Waals surface area contributed by atoms with Crippen molar-refractivity contribution in [2.75, 3.05) is 5.32 Å². The number of hydrogen-bond acceptors (Lipinski definition) is 2. The molecule has 3 aliphatic rings. The number of anilines is 1. The van der Waals surface area contributed by atoms with Gasteiger partial charge in [0, 0.05) is 16.2 Å². The lowest BCUT2D eigenvalue weighted by Crippen LogP contribution is -2.55. The number of nitrogens with one attached hydrogen (secondary N) is 1. The van der Waals surface area contributed by atoms with Crippen molar-refractivity contribution < 1.29 is 5.11 Å². The van der Waals surface area contributed by atoms with E-state index in [0.29, 0.717) is 16.9 Å². The Morgan fingerprint density at radius 2 is 1.79 bits per heavy atom. The smallest absolute Gasteiger partial charge is 0.0594 e. The van der Waals surface area contributed by atoms with Crippen molar-refractivity contribution in [3.63, 3.8) is 0 Å². The standard InChI is InChI=1S/C21H30BrNO/c1-19(2)12-17(23-15-6-4-14(22)5-7-15)21-11-9-18(24)20(3,13-21)10-8-16(19)21/h4-7,16-18,23-24H,8-13H2,1-3H3/t16-,17-,18+,20+,21-/m0/s1. The fourth-order valence-electron chi connectivity index (χ4n) is 6.55. The zero-order valence-electron chi connectivity index (χ0n) is 15.1. The molecule has 5 atom stereocenters. The molecule has 132 valence electrons. The van der Waals surface area contributed by atoms with Crippen LogP contribution in [0.15, 0.2) is 28.7 Å². The Morgan fingerprint density at radius 1 is 1.08 bits per heavy atom. The molecule has 1 spiro atoms. The number of hydrogen-bond donors (Lipinski definition) is 2. The molecule has 2 bridgehead atoms. The molecule has 0 aliphatic heterocycles. The van der Waals surface area contributed by atoms with Crippen LogP contribution in [0.2, 0.25) is 0 Å². The minimum Gasteiger partial charge on any atom is -0.393 e. The van der Waals surface area contributed by atoms with Crippen LogP contribution in [-0.4, -0.2) is 17.3 Å². The molecule has 0 heterocycles. The summed E-state index contributed by atoms with van der Waals surface area (Å²) in [5.74, 6) is 0.776. The molecule has 3 aliphatic carbocycles. The average molecular weight is 392 g/mol. The molecule has 0 amide bonds. The van der Waals surface area contributed by atoms with Gasteiger partial charge in [-0.1, -0.05) is 36.7 Å². The summed E-state index contributed by atoms with van der Waals surface area (Å²) >= 11 is 3.53. The van der Waals surface area contributed by atoms with Crippen LogP contribution < -0.4 is 5.32 Å². The third kappa shape index (κ3) is 2.46. The summed E-state index contributed by atoms with van der Waals surface area (Å²) in [6.07, 6.45) is 6.92. The maximum Gasteiger partial charge on any atom is 0.0594 e. The van der Waals surface area contributed by atoms with E-state index < -0.39 is 0 Å². The molecular formula is C21H30BrNO. The van der Waals surface area contributed by atoms with Crippen LogP contribution in [0, 0.1) is 22.2 Å². The van der Waals surface area contributed by atoms with Crippen LogP contribution >= 0.6 is 15.9 Å². The van der Waals surface area contributed by atoms with Gasteiger partial charge in [-0.25, -0.2) is 0 Å². The van der Waals surface area contributed by atoms with Gasteiger partial charge in [-0.15, -0.1) is 0 Å². The van der Waals surface area contributed by atoms with Crippen LogP contribution in [0.25, 0.3) is 0 Å². The molecule has 24 heavy (non-hydrogen) atoms. The van der Waals surface area contributed by atoms with E-state index in [1.165, 1.54) is 37.8 Å². The first kappa shape index (κ1) is 16.9. The SMILES string of the molecule is CC1(C)C[C@H](Nc2ccc(Br)cc2)[C@]23CC[C@@H](O)[C@](C)(CC[C@@H]12)C3. The van der Waals surface area contributed by atoms with Gasteiger partial charge >= 0.3 is 0 Å². The highest BCUT2D eigenvalue weighted by Crippen LogP contribution is 2.69. The van der Waals surface area contributed by atoms with Crippen molar-refractivity contribution in [1.29, 1.82) is 0 Å². The van der Waals surface area contributed by atoms with Crippen LogP contribution in [0.5, 0.6) is 0 Å². The number of aliphatic hydroxyl groups is 1. The van der Waals surface area contributed by atoms with Crippen molar-refractivity contribution in [2.24, 2.45) is 22.2 Å². The highest BCUT2D eigenvalue weighted by molar-refractivity contribution is 9.10. The molecule has 3 saturated carbocycles. The molecule has 3 heteroatoms. The molecular weight excluding hydrogens is 362 g/mol. The van der Waals surface area contributed by atoms with E-state index in [0.717, 1.165) is 16.8 Å². The van der Waals surface area contributed by atoms with Gasteiger partial charge in [0.25, 0.3) is 0 Å². The Balaban J connectivity index is 1.68. The molecule has 0 radical (unpaired) electrons. The zero-order valence-corrected chi connectivity index (χ0v) is 16.7. The minimum absolute atomic E-state index is 0.110. The monoisotopic (exact) mass is 391 g/mol. The predicted molar refractivity (Wildman–Crippen MR) is 103 cm³/mol. The molecule has 0 saturated heterocycles. The van der Waals surface area contributed by atoms with Gasteiger partial charge in [0.1, 0.15) is 0 Å². The zero-order chi connectivity index (χ0) is 17.2. The Labute approximate surface area is 154 Å². The predicted octanol–water partition coefficient (Wildman–Crippen LogP) is 5.61. The summed E-state index contributed by atoms with van der Waals surface area (Å²) in [4.78, 5) is 0. The molecule has 4 rings (SSSR count). The normalized spacial score (nSPS) is 43.3. The number of fused-ring (bicyclic) bond motifs is 1. The number of benzene rings is 1. The van der Waals surface area contributed by atoms with Gasteiger partial charge in [-0.05, 0) is 85.0 Å². The maximum absolute atomic E-state index is 10.6. The minimum atomic E-state index is -0.110. The molecule has 1 aromatic carbocycles. The third-order valence-electron chi connectivity index (χ3n) is 7.67. The summed E-state index contributed by atoms with van der Waals surface area (Å²) in [6, 6.07) is 9.12. The second-order valence-electron chi connectivity index (χ2n) is 9.61. The molecule has 2 nitrogen and oxygen atoms in total. The summed E-state index contributed by atoms with van der Waals surface area (Å²) in [6.45, 7) is 7.27. The van der Waals surface area contributed by atoms with Crippen LogP contribution in [0.1, 0.15) is 59.3 Å². The van der Waals surface area contributed by atoms with Crippen molar-refractivity contribution in [2.45, 2.75) is 71.4 Å². The van der Waals surface area contributed by atoms with Crippen LogP contribution in [-0.2, 0) is 0 Å². The van der Waals surface area contributed by atoms with Gasteiger partial charge in [0.2, 0.25) is 0 Å². The van der Waals surface area contributed by atoms with E-state index in [2.05, 4.69) is 66.3 Å². The molecule has 0 aromatic heterocycles. The van der Waals surface area contributed by atoms with Gasteiger partial charge < -0.3 is 10.4 Å². The molecule has 0 unspecified atom stereocenters. The van der Waals surface area contributed by atoms with Gasteiger partial charge in [-0.2, -0.15) is 0 Å². The van der Waals surface area contributed by atoms with E-state index in [1.54, 1.807) is 0 Å². The lowest BCUT2D eigenvalue weighted by molar-refractivity contribution is -0.118. The maximum atomic E-state index is 10.6. The summed E-state index contributed by atoms with van der Waals surface area (Å²) in [7, 11) is 0. The van der Waals surface area contributed by atoms with Crippen molar-refractivity contribution in [3.8, 4) is 0 Å². The van der Waals surface area contributed by atoms with E-state index >= 15 is 0 Å². The van der Waals surface area contributed by atoms with Crippen molar-refractivity contribution in [1.82, 2.24) is 0 Å². The highest BCUT2D eigenvalue weighted by atomic mass is 79.9. The topological polar surface area (TPSA) is 32.3 Å². The lowest BCUT2D eigenvalue weighted by atomic mass is 9.49. The van der Waals surface area contributed by atoms with Crippen molar-refractivity contribution in [3.05, 3.63) is 28.7 Å². The highest BCUT2D eigenvalue weighted by Gasteiger charge is 2.64. The number of rotatable bonds is 2. The number of halogens is 1. The van der Waals surface area contributed by atoms with E-state index in [4.69, 9.17) is 0 Å². The lowest BCUT2D eigenvalue weighted by Gasteiger charge is -2.58. The Bertz CT molecular complexity index is 627. The molecule has 3 fully saturated rings. The first-order valence-corrected chi connectivity index (χ1v) is 10.2. The van der Waals surface area contributed by atoms with Crippen LogP contribution in [0.3, 0.4) is 0 Å². The fourth-order valence-corrected chi connectivity index (χ4v) is 6.81. The van der Waals surface area contributed by atoms with E-state index in [-0.39, 0.29) is 11.5 Å². The molecule has 1 aromatic rings.